The number of aromatic nitrogens is 1. The van der Waals surface area contributed by atoms with E-state index in [1.54, 1.807) is 0 Å². The lowest BCUT2D eigenvalue weighted by molar-refractivity contribution is 0.333. The quantitative estimate of drug-likeness (QED) is 0.904. The molecule has 0 saturated carbocycles. The van der Waals surface area contributed by atoms with Crippen LogP contribution in [0.3, 0.4) is 0 Å². The predicted octanol–water partition coefficient (Wildman–Crippen LogP) is 2.69. The Morgan fingerprint density at radius 3 is 3.00 bits per heavy atom. The third-order valence-electron chi connectivity index (χ3n) is 3.38. The van der Waals surface area contributed by atoms with Gasteiger partial charge in [0.25, 0.3) is 0 Å². The lowest BCUT2D eigenvalue weighted by Crippen LogP contribution is -2.26. The number of para-hydroxylation sites is 1. The van der Waals surface area contributed by atoms with Gasteiger partial charge < -0.3 is 14.5 Å². The number of nitrogens with zero attached hydrogens (tertiary/aromatic N) is 1. The third kappa shape index (κ3) is 2.08. The van der Waals surface area contributed by atoms with Gasteiger partial charge in [-0.1, -0.05) is 6.07 Å². The Balaban J connectivity index is 1.96. The molecule has 1 aliphatic rings. The van der Waals surface area contributed by atoms with Crippen LogP contribution in [0.25, 0.3) is 11.1 Å². The Labute approximate surface area is 106 Å². The van der Waals surface area contributed by atoms with Gasteiger partial charge in [0, 0.05) is 5.92 Å². The molecule has 1 fully saturated rings. The number of hydrogen-bond donors (Lipinski definition) is 1. The Hall–Kier alpha value is -1.55. The molecule has 2 aromatic rings. The van der Waals surface area contributed by atoms with Gasteiger partial charge in [0.15, 0.2) is 17.2 Å². The number of ether oxygens (including phenoxy) is 1. The van der Waals surface area contributed by atoms with Crippen LogP contribution in [0.5, 0.6) is 5.75 Å². The van der Waals surface area contributed by atoms with Crippen molar-refractivity contribution in [1.29, 1.82) is 0 Å². The molecule has 1 aromatic carbocycles. The van der Waals surface area contributed by atoms with E-state index in [-0.39, 0.29) is 0 Å². The standard InChI is InChI=1S/C14H18N2O2/c1-2-17-12-5-3-4-11-13(12)18-14(16-11)10-6-8-15-9-7-10/h3-5,10,15H,2,6-9H2,1H3. The van der Waals surface area contributed by atoms with Crippen molar-refractivity contribution in [3.8, 4) is 5.75 Å². The molecule has 4 nitrogen and oxygen atoms in total. The van der Waals surface area contributed by atoms with Gasteiger partial charge in [0.2, 0.25) is 0 Å². The summed E-state index contributed by atoms with van der Waals surface area (Å²) in [4.78, 5) is 4.60. The average Bonchev–Trinajstić information content (AvgIpc) is 2.85. The lowest BCUT2D eigenvalue weighted by atomic mass is 9.98. The fourth-order valence-corrected chi connectivity index (χ4v) is 2.45. The van der Waals surface area contributed by atoms with Crippen molar-refractivity contribution in [2.24, 2.45) is 0 Å². The third-order valence-corrected chi connectivity index (χ3v) is 3.38. The Kier molecular flexibility index (Phi) is 3.19. The second kappa shape index (κ2) is 4.98. The summed E-state index contributed by atoms with van der Waals surface area (Å²) in [7, 11) is 0. The minimum atomic E-state index is 0.438. The normalized spacial score (nSPS) is 17.2. The SMILES string of the molecule is CCOc1cccc2nc(C3CCNCC3)oc12. The van der Waals surface area contributed by atoms with Gasteiger partial charge >= 0.3 is 0 Å². The molecule has 2 heterocycles. The van der Waals surface area contributed by atoms with Crippen LogP contribution in [0.4, 0.5) is 0 Å². The molecule has 1 aliphatic heterocycles. The zero-order chi connectivity index (χ0) is 12.4. The summed E-state index contributed by atoms with van der Waals surface area (Å²) in [5.74, 6) is 2.09. The molecule has 96 valence electrons. The molecule has 0 unspecified atom stereocenters. The van der Waals surface area contributed by atoms with Gasteiger partial charge in [-0.25, -0.2) is 4.98 Å². The van der Waals surface area contributed by atoms with Crippen LogP contribution in [0.15, 0.2) is 22.6 Å². The highest BCUT2D eigenvalue weighted by Gasteiger charge is 2.21. The van der Waals surface area contributed by atoms with E-state index in [1.807, 2.05) is 25.1 Å². The van der Waals surface area contributed by atoms with E-state index in [1.165, 1.54) is 0 Å². The monoisotopic (exact) mass is 246 g/mol. The van der Waals surface area contributed by atoms with Crippen LogP contribution < -0.4 is 10.1 Å². The fourth-order valence-electron chi connectivity index (χ4n) is 2.45. The summed E-state index contributed by atoms with van der Waals surface area (Å²) >= 11 is 0. The maximum atomic E-state index is 5.93. The van der Waals surface area contributed by atoms with E-state index < -0.39 is 0 Å². The molecule has 0 bridgehead atoms. The number of fused-ring (bicyclic) bond motifs is 1. The van der Waals surface area contributed by atoms with Gasteiger partial charge in [-0.05, 0) is 45.0 Å². The van der Waals surface area contributed by atoms with Gasteiger partial charge in [-0.2, -0.15) is 0 Å². The van der Waals surface area contributed by atoms with Gasteiger partial charge in [0.05, 0.1) is 6.61 Å². The summed E-state index contributed by atoms with van der Waals surface area (Å²) in [5, 5.41) is 3.36. The second-order valence-corrected chi connectivity index (χ2v) is 4.61. The second-order valence-electron chi connectivity index (χ2n) is 4.61. The maximum Gasteiger partial charge on any atom is 0.198 e. The van der Waals surface area contributed by atoms with E-state index in [9.17, 15) is 0 Å². The van der Waals surface area contributed by atoms with Crippen LogP contribution in [0, 0.1) is 0 Å². The first-order valence-corrected chi connectivity index (χ1v) is 6.61. The highest BCUT2D eigenvalue weighted by atomic mass is 16.5. The number of nitrogens with one attached hydrogen (secondary N) is 1. The van der Waals surface area contributed by atoms with Crippen molar-refractivity contribution >= 4 is 11.1 Å². The molecule has 1 saturated heterocycles. The van der Waals surface area contributed by atoms with Crippen LogP contribution in [-0.2, 0) is 0 Å². The van der Waals surface area contributed by atoms with Gasteiger partial charge in [-0.15, -0.1) is 0 Å². The summed E-state index contributed by atoms with van der Waals surface area (Å²) in [6.07, 6.45) is 2.19. The number of hydrogen-bond acceptors (Lipinski definition) is 4. The molecule has 4 heteroatoms. The zero-order valence-corrected chi connectivity index (χ0v) is 10.6. The van der Waals surface area contributed by atoms with E-state index in [0.29, 0.717) is 12.5 Å². The number of oxazole rings is 1. The van der Waals surface area contributed by atoms with Crippen molar-refractivity contribution in [1.82, 2.24) is 10.3 Å². The van der Waals surface area contributed by atoms with E-state index in [4.69, 9.17) is 9.15 Å². The summed E-state index contributed by atoms with van der Waals surface area (Å²) in [6.45, 7) is 4.70. The lowest BCUT2D eigenvalue weighted by Gasteiger charge is -2.19. The molecule has 0 aliphatic carbocycles. The smallest absolute Gasteiger partial charge is 0.198 e. The molecule has 1 aromatic heterocycles. The Morgan fingerprint density at radius 1 is 1.39 bits per heavy atom. The number of piperidine rings is 1. The number of benzene rings is 1. The van der Waals surface area contributed by atoms with Crippen LogP contribution in [0.1, 0.15) is 31.6 Å². The molecule has 0 spiro atoms. The van der Waals surface area contributed by atoms with Gasteiger partial charge in [-0.3, -0.25) is 0 Å². The molecular formula is C14H18N2O2. The largest absolute Gasteiger partial charge is 0.490 e. The minimum Gasteiger partial charge on any atom is -0.490 e. The first-order chi connectivity index (χ1) is 8.88. The van der Waals surface area contributed by atoms with Crippen LogP contribution in [0.2, 0.25) is 0 Å². The minimum absolute atomic E-state index is 0.438. The molecule has 3 rings (SSSR count). The van der Waals surface area contributed by atoms with Crippen molar-refractivity contribution in [3.63, 3.8) is 0 Å². The van der Waals surface area contributed by atoms with Crippen molar-refractivity contribution in [2.45, 2.75) is 25.7 Å². The fraction of sp³-hybridized carbons (Fsp3) is 0.500. The predicted molar refractivity (Wildman–Crippen MR) is 70.0 cm³/mol. The Bertz CT molecular complexity index is 530. The summed E-state index contributed by atoms with van der Waals surface area (Å²) < 4.78 is 11.5. The maximum absolute atomic E-state index is 5.93. The highest BCUT2D eigenvalue weighted by molar-refractivity contribution is 5.79. The Morgan fingerprint density at radius 2 is 2.22 bits per heavy atom. The van der Waals surface area contributed by atoms with Crippen LogP contribution in [-0.4, -0.2) is 24.7 Å². The average molecular weight is 246 g/mol. The first-order valence-electron chi connectivity index (χ1n) is 6.61. The molecule has 0 amide bonds. The molecule has 1 N–H and O–H groups in total. The van der Waals surface area contributed by atoms with E-state index in [0.717, 1.165) is 48.7 Å². The zero-order valence-electron chi connectivity index (χ0n) is 10.6. The topological polar surface area (TPSA) is 47.3 Å². The number of rotatable bonds is 3. The molecular weight excluding hydrogens is 228 g/mol. The molecule has 0 atom stereocenters. The van der Waals surface area contributed by atoms with Crippen molar-refractivity contribution in [2.75, 3.05) is 19.7 Å². The first kappa shape index (κ1) is 11.5. The summed E-state index contributed by atoms with van der Waals surface area (Å²) in [6, 6.07) is 5.87. The van der Waals surface area contributed by atoms with Crippen molar-refractivity contribution in [3.05, 3.63) is 24.1 Å². The molecule has 18 heavy (non-hydrogen) atoms. The van der Waals surface area contributed by atoms with E-state index >= 15 is 0 Å². The summed E-state index contributed by atoms with van der Waals surface area (Å²) in [5.41, 5.74) is 1.68. The van der Waals surface area contributed by atoms with Crippen LogP contribution >= 0.6 is 0 Å². The van der Waals surface area contributed by atoms with E-state index in [2.05, 4.69) is 10.3 Å². The highest BCUT2D eigenvalue weighted by Crippen LogP contribution is 2.32. The molecule has 0 radical (unpaired) electrons. The van der Waals surface area contributed by atoms with Crippen molar-refractivity contribution < 1.29 is 9.15 Å². The van der Waals surface area contributed by atoms with Gasteiger partial charge in [0.1, 0.15) is 5.52 Å².